The number of carbonyl (C=O) groups is 2. The van der Waals surface area contributed by atoms with Crippen molar-refractivity contribution < 1.29 is 24.4 Å². The van der Waals surface area contributed by atoms with Gasteiger partial charge in [-0.15, -0.1) is 0 Å². The SMILES string of the molecule is COc1cc(C(=O)N(C)Cc2cccc(N3CCC(C(=O)O)CC3)c2)ccc1[N+](=O)[O-]. The summed E-state index contributed by atoms with van der Waals surface area (Å²) in [6.45, 7) is 1.72. The van der Waals surface area contributed by atoms with Crippen LogP contribution in [0.25, 0.3) is 0 Å². The third-order valence-electron chi connectivity index (χ3n) is 5.51. The number of nitrogens with zero attached hydrogens (tertiary/aromatic N) is 3. The van der Waals surface area contributed by atoms with Gasteiger partial charge in [-0.3, -0.25) is 19.7 Å². The van der Waals surface area contributed by atoms with E-state index in [2.05, 4.69) is 4.90 Å². The number of nitro groups is 1. The maximum Gasteiger partial charge on any atom is 0.310 e. The highest BCUT2D eigenvalue weighted by Gasteiger charge is 2.25. The third kappa shape index (κ3) is 5.11. The number of nitro benzene ring substituents is 1. The number of aliphatic carboxylic acids is 1. The Morgan fingerprint density at radius 3 is 2.55 bits per heavy atom. The summed E-state index contributed by atoms with van der Waals surface area (Å²) in [6.07, 6.45) is 1.22. The first-order valence-electron chi connectivity index (χ1n) is 9.94. The van der Waals surface area contributed by atoms with Crippen LogP contribution in [0, 0.1) is 16.0 Å². The van der Waals surface area contributed by atoms with Crippen molar-refractivity contribution in [2.24, 2.45) is 5.92 Å². The topological polar surface area (TPSA) is 113 Å². The minimum absolute atomic E-state index is 0.0380. The van der Waals surface area contributed by atoms with E-state index in [1.54, 1.807) is 7.05 Å². The maximum atomic E-state index is 12.8. The maximum absolute atomic E-state index is 12.8. The molecule has 2 aromatic carbocycles. The van der Waals surface area contributed by atoms with Crippen molar-refractivity contribution in [3.63, 3.8) is 0 Å². The third-order valence-corrected chi connectivity index (χ3v) is 5.51. The molecule has 2 aromatic rings. The Hall–Kier alpha value is -3.62. The van der Waals surface area contributed by atoms with E-state index in [1.165, 1.54) is 30.2 Å². The van der Waals surface area contributed by atoms with Crippen molar-refractivity contribution in [3.8, 4) is 5.75 Å². The van der Waals surface area contributed by atoms with Gasteiger partial charge in [0.1, 0.15) is 0 Å². The molecule has 0 aliphatic carbocycles. The van der Waals surface area contributed by atoms with Crippen LogP contribution >= 0.6 is 0 Å². The number of amides is 1. The number of piperidine rings is 1. The van der Waals surface area contributed by atoms with Crippen molar-refractivity contribution in [3.05, 3.63) is 63.7 Å². The fourth-order valence-corrected chi connectivity index (χ4v) is 3.76. The molecule has 0 unspecified atom stereocenters. The summed E-state index contributed by atoms with van der Waals surface area (Å²) in [5, 5.41) is 20.2. The fourth-order valence-electron chi connectivity index (χ4n) is 3.76. The summed E-state index contributed by atoms with van der Waals surface area (Å²) in [7, 11) is 2.99. The summed E-state index contributed by atoms with van der Waals surface area (Å²) < 4.78 is 5.05. The molecule has 0 radical (unpaired) electrons. The average Bonchev–Trinajstić information content (AvgIpc) is 2.78. The molecule has 0 bridgehead atoms. The first-order valence-corrected chi connectivity index (χ1v) is 9.94. The second-order valence-corrected chi connectivity index (χ2v) is 7.57. The van der Waals surface area contributed by atoms with Crippen LogP contribution in [0.5, 0.6) is 5.75 Å². The van der Waals surface area contributed by atoms with Crippen LogP contribution < -0.4 is 9.64 Å². The molecule has 1 amide bonds. The molecule has 0 aromatic heterocycles. The quantitative estimate of drug-likeness (QED) is 0.533. The number of anilines is 1. The second-order valence-electron chi connectivity index (χ2n) is 7.57. The number of ether oxygens (including phenoxy) is 1. The van der Waals surface area contributed by atoms with E-state index in [0.717, 1.165) is 11.3 Å². The molecular formula is C22H25N3O6. The molecule has 1 saturated heterocycles. The molecule has 1 aliphatic heterocycles. The van der Waals surface area contributed by atoms with E-state index in [9.17, 15) is 19.7 Å². The van der Waals surface area contributed by atoms with Crippen LogP contribution in [0.2, 0.25) is 0 Å². The highest BCUT2D eigenvalue weighted by molar-refractivity contribution is 5.95. The van der Waals surface area contributed by atoms with E-state index < -0.39 is 10.9 Å². The number of rotatable bonds is 7. The lowest BCUT2D eigenvalue weighted by Gasteiger charge is -2.32. The molecule has 0 saturated carbocycles. The van der Waals surface area contributed by atoms with Crippen LogP contribution in [0.3, 0.4) is 0 Å². The van der Waals surface area contributed by atoms with E-state index in [0.29, 0.717) is 38.0 Å². The van der Waals surface area contributed by atoms with Gasteiger partial charge in [0.25, 0.3) is 5.91 Å². The van der Waals surface area contributed by atoms with Gasteiger partial charge in [-0.2, -0.15) is 0 Å². The summed E-state index contributed by atoms with van der Waals surface area (Å²) in [4.78, 5) is 38.2. The molecule has 1 heterocycles. The van der Waals surface area contributed by atoms with Gasteiger partial charge in [-0.1, -0.05) is 12.1 Å². The average molecular weight is 427 g/mol. The van der Waals surface area contributed by atoms with Crippen molar-refractivity contribution in [2.45, 2.75) is 19.4 Å². The highest BCUT2D eigenvalue weighted by Crippen LogP contribution is 2.28. The zero-order chi connectivity index (χ0) is 22.5. The van der Waals surface area contributed by atoms with Gasteiger partial charge in [0.05, 0.1) is 18.0 Å². The van der Waals surface area contributed by atoms with Gasteiger partial charge in [0.2, 0.25) is 0 Å². The zero-order valence-electron chi connectivity index (χ0n) is 17.5. The minimum Gasteiger partial charge on any atom is -0.490 e. The summed E-state index contributed by atoms with van der Waals surface area (Å²) in [5.74, 6) is -1.27. The van der Waals surface area contributed by atoms with Gasteiger partial charge in [-0.05, 0) is 36.6 Å². The number of hydrogen-bond acceptors (Lipinski definition) is 6. The van der Waals surface area contributed by atoms with Crippen molar-refractivity contribution >= 4 is 23.3 Å². The molecular weight excluding hydrogens is 402 g/mol. The lowest BCUT2D eigenvalue weighted by molar-refractivity contribution is -0.385. The van der Waals surface area contributed by atoms with E-state index in [-0.39, 0.29) is 23.3 Å². The van der Waals surface area contributed by atoms with E-state index >= 15 is 0 Å². The zero-order valence-corrected chi connectivity index (χ0v) is 17.5. The van der Waals surface area contributed by atoms with Crippen LogP contribution in [0.1, 0.15) is 28.8 Å². The number of methoxy groups -OCH3 is 1. The lowest BCUT2D eigenvalue weighted by atomic mass is 9.96. The largest absolute Gasteiger partial charge is 0.490 e. The molecule has 164 valence electrons. The Kier molecular flexibility index (Phi) is 6.74. The molecule has 0 atom stereocenters. The monoisotopic (exact) mass is 427 g/mol. The first-order chi connectivity index (χ1) is 14.8. The molecule has 1 aliphatic rings. The van der Waals surface area contributed by atoms with E-state index in [4.69, 9.17) is 9.84 Å². The molecule has 1 fully saturated rings. The van der Waals surface area contributed by atoms with Gasteiger partial charge in [0, 0.05) is 50.1 Å². The summed E-state index contributed by atoms with van der Waals surface area (Å²) >= 11 is 0. The van der Waals surface area contributed by atoms with Crippen LogP contribution in [0.4, 0.5) is 11.4 Å². The number of carboxylic acid groups (broad SMARTS) is 1. The van der Waals surface area contributed by atoms with Crippen LogP contribution in [-0.2, 0) is 11.3 Å². The Balaban J connectivity index is 1.69. The molecule has 9 nitrogen and oxygen atoms in total. The molecule has 9 heteroatoms. The second kappa shape index (κ2) is 9.46. The van der Waals surface area contributed by atoms with Crippen LogP contribution in [0.15, 0.2) is 42.5 Å². The molecule has 0 spiro atoms. The highest BCUT2D eigenvalue weighted by atomic mass is 16.6. The first kappa shape index (κ1) is 22.1. The summed E-state index contributed by atoms with van der Waals surface area (Å²) in [6, 6.07) is 11.9. The predicted molar refractivity (Wildman–Crippen MR) is 114 cm³/mol. The van der Waals surface area contributed by atoms with E-state index in [1.807, 2.05) is 24.3 Å². The Bertz CT molecular complexity index is 985. The van der Waals surface area contributed by atoms with Gasteiger partial charge in [-0.25, -0.2) is 0 Å². The molecule has 1 N–H and O–H groups in total. The van der Waals surface area contributed by atoms with Crippen molar-refractivity contribution in [2.75, 3.05) is 32.1 Å². The smallest absolute Gasteiger partial charge is 0.310 e. The fraction of sp³-hybridized carbons (Fsp3) is 0.364. The standard InChI is InChI=1S/C22H25N3O6/c1-23(21(26)17-6-7-19(25(29)30)20(13-17)31-2)14-15-4-3-5-18(12-15)24-10-8-16(9-11-24)22(27)28/h3-7,12-13,16H,8-11,14H2,1-2H3,(H,27,28). The number of benzene rings is 2. The number of carboxylic acids is 1. The molecule has 3 rings (SSSR count). The molecule has 31 heavy (non-hydrogen) atoms. The van der Waals surface area contributed by atoms with Gasteiger partial charge < -0.3 is 19.6 Å². The Morgan fingerprint density at radius 1 is 1.23 bits per heavy atom. The number of hydrogen-bond donors (Lipinski definition) is 1. The predicted octanol–water partition coefficient (Wildman–Crippen LogP) is 3.18. The number of carbonyl (C=O) groups excluding carboxylic acids is 1. The van der Waals surface area contributed by atoms with Crippen molar-refractivity contribution in [1.82, 2.24) is 4.90 Å². The van der Waals surface area contributed by atoms with Gasteiger partial charge in [0.15, 0.2) is 5.75 Å². The Labute approximate surface area is 180 Å². The Morgan fingerprint density at radius 2 is 1.94 bits per heavy atom. The minimum atomic E-state index is -0.739. The van der Waals surface area contributed by atoms with Gasteiger partial charge >= 0.3 is 11.7 Å². The van der Waals surface area contributed by atoms with Crippen LogP contribution in [-0.4, -0.2) is 54.1 Å². The van der Waals surface area contributed by atoms with Crippen molar-refractivity contribution in [1.29, 1.82) is 0 Å². The normalized spacial score (nSPS) is 14.2. The lowest BCUT2D eigenvalue weighted by Crippen LogP contribution is -2.36. The summed E-state index contributed by atoms with van der Waals surface area (Å²) in [5.41, 5.74) is 2.04.